The van der Waals surface area contributed by atoms with E-state index in [-0.39, 0.29) is 5.56 Å². The highest BCUT2D eigenvalue weighted by molar-refractivity contribution is 5.37. The van der Waals surface area contributed by atoms with Crippen molar-refractivity contribution in [3.05, 3.63) is 71.3 Å². The summed E-state index contributed by atoms with van der Waals surface area (Å²) in [5, 5.41) is 19.8. The van der Waals surface area contributed by atoms with Gasteiger partial charge >= 0.3 is 0 Å². The largest absolute Gasteiger partial charge is 0.393 e. The topological polar surface area (TPSA) is 40.5 Å². The van der Waals surface area contributed by atoms with Gasteiger partial charge in [-0.25, -0.2) is 8.78 Å². The number of rotatable bonds is 3. The molecule has 0 radical (unpaired) electrons. The lowest BCUT2D eigenvalue weighted by atomic mass is 9.87. The molecule has 0 fully saturated rings. The van der Waals surface area contributed by atoms with Crippen LogP contribution in [0.4, 0.5) is 8.78 Å². The molecular weight excluding hydrogens is 238 g/mol. The predicted octanol–water partition coefficient (Wildman–Crippen LogP) is 2.19. The van der Waals surface area contributed by atoms with Gasteiger partial charge in [-0.1, -0.05) is 30.3 Å². The number of hydrogen-bond donors (Lipinski definition) is 2. The number of aliphatic hydroxyl groups excluding tert-OH is 1. The summed E-state index contributed by atoms with van der Waals surface area (Å²) >= 11 is 0. The van der Waals surface area contributed by atoms with Crippen molar-refractivity contribution in [1.29, 1.82) is 0 Å². The Morgan fingerprint density at radius 3 is 2.22 bits per heavy atom. The first-order valence-electron chi connectivity index (χ1n) is 5.42. The minimum Gasteiger partial charge on any atom is -0.393 e. The molecule has 2 aromatic carbocycles. The van der Waals surface area contributed by atoms with E-state index in [9.17, 15) is 19.0 Å². The highest BCUT2D eigenvalue weighted by Gasteiger charge is 2.33. The zero-order chi connectivity index (χ0) is 13.2. The van der Waals surface area contributed by atoms with Gasteiger partial charge in [0.1, 0.15) is 17.2 Å². The minimum absolute atomic E-state index is 0.155. The van der Waals surface area contributed by atoms with Crippen LogP contribution in [0.25, 0.3) is 0 Å². The van der Waals surface area contributed by atoms with Gasteiger partial charge in [0.15, 0.2) is 0 Å². The van der Waals surface area contributed by atoms with Crippen molar-refractivity contribution in [1.82, 2.24) is 0 Å². The molecule has 0 aliphatic rings. The molecule has 2 N–H and O–H groups in total. The van der Waals surface area contributed by atoms with Gasteiger partial charge in [-0.05, 0) is 17.7 Å². The van der Waals surface area contributed by atoms with Crippen LogP contribution in [0.15, 0.2) is 48.5 Å². The van der Waals surface area contributed by atoms with E-state index in [0.717, 1.165) is 12.1 Å². The lowest BCUT2D eigenvalue weighted by molar-refractivity contribution is 0.0143. The van der Waals surface area contributed by atoms with E-state index >= 15 is 0 Å². The molecule has 0 unspecified atom stereocenters. The molecule has 94 valence electrons. The van der Waals surface area contributed by atoms with Gasteiger partial charge in [-0.3, -0.25) is 0 Å². The van der Waals surface area contributed by atoms with Gasteiger partial charge in [-0.15, -0.1) is 0 Å². The fourth-order valence-corrected chi connectivity index (χ4v) is 1.87. The summed E-state index contributed by atoms with van der Waals surface area (Å²) in [6.07, 6.45) is 0. The van der Waals surface area contributed by atoms with Gasteiger partial charge in [0.05, 0.1) is 6.61 Å². The SMILES string of the molecule is OC[C@](O)(c1ccccc1)c1ccc(F)cc1F. The first-order valence-corrected chi connectivity index (χ1v) is 5.42. The van der Waals surface area contributed by atoms with Crippen molar-refractivity contribution in [2.45, 2.75) is 5.60 Å². The molecule has 1 atom stereocenters. The van der Waals surface area contributed by atoms with Crippen LogP contribution in [0.3, 0.4) is 0 Å². The Bertz CT molecular complexity index is 543. The third kappa shape index (κ3) is 2.12. The van der Waals surface area contributed by atoms with Crippen molar-refractivity contribution in [2.75, 3.05) is 6.61 Å². The van der Waals surface area contributed by atoms with Gasteiger partial charge in [0, 0.05) is 11.6 Å². The van der Waals surface area contributed by atoms with Crippen molar-refractivity contribution in [3.63, 3.8) is 0 Å². The molecular formula is C14H12F2O2. The molecule has 18 heavy (non-hydrogen) atoms. The molecule has 0 saturated heterocycles. The molecule has 0 aromatic heterocycles. The maximum absolute atomic E-state index is 13.7. The Labute approximate surface area is 103 Å². The average Bonchev–Trinajstić information content (AvgIpc) is 2.39. The molecule has 0 heterocycles. The molecule has 0 bridgehead atoms. The second-order valence-electron chi connectivity index (χ2n) is 4.01. The molecule has 0 spiro atoms. The van der Waals surface area contributed by atoms with Crippen LogP contribution in [0, 0.1) is 11.6 Å². The van der Waals surface area contributed by atoms with Crippen molar-refractivity contribution < 1.29 is 19.0 Å². The first kappa shape index (κ1) is 12.7. The van der Waals surface area contributed by atoms with Gasteiger partial charge in [0.2, 0.25) is 0 Å². The Balaban J connectivity index is 2.57. The van der Waals surface area contributed by atoms with Crippen LogP contribution in [-0.2, 0) is 5.60 Å². The summed E-state index contributed by atoms with van der Waals surface area (Å²) in [6.45, 7) is -0.695. The second kappa shape index (κ2) is 4.84. The summed E-state index contributed by atoms with van der Waals surface area (Å²) in [5.41, 5.74) is -1.69. The number of aliphatic hydroxyl groups is 2. The Morgan fingerprint density at radius 2 is 1.67 bits per heavy atom. The maximum Gasteiger partial charge on any atom is 0.140 e. The fourth-order valence-electron chi connectivity index (χ4n) is 1.87. The minimum atomic E-state index is -1.88. The second-order valence-corrected chi connectivity index (χ2v) is 4.01. The fraction of sp³-hybridized carbons (Fsp3) is 0.143. The van der Waals surface area contributed by atoms with Gasteiger partial charge in [0.25, 0.3) is 0 Å². The third-order valence-corrected chi connectivity index (χ3v) is 2.86. The van der Waals surface area contributed by atoms with Crippen LogP contribution in [0.1, 0.15) is 11.1 Å². The number of hydrogen-bond acceptors (Lipinski definition) is 2. The summed E-state index contributed by atoms with van der Waals surface area (Å²) in [6, 6.07) is 11.1. The van der Waals surface area contributed by atoms with Crippen molar-refractivity contribution in [3.8, 4) is 0 Å². The average molecular weight is 250 g/mol. The van der Waals surface area contributed by atoms with E-state index in [0.29, 0.717) is 11.6 Å². The Kier molecular flexibility index (Phi) is 3.41. The highest BCUT2D eigenvalue weighted by Crippen LogP contribution is 2.31. The quantitative estimate of drug-likeness (QED) is 0.876. The van der Waals surface area contributed by atoms with E-state index in [4.69, 9.17) is 0 Å². The van der Waals surface area contributed by atoms with Gasteiger partial charge in [-0.2, -0.15) is 0 Å². The van der Waals surface area contributed by atoms with Crippen LogP contribution in [0.5, 0.6) is 0 Å². The zero-order valence-electron chi connectivity index (χ0n) is 9.48. The molecule has 0 amide bonds. The molecule has 2 rings (SSSR count). The van der Waals surface area contributed by atoms with Crippen LogP contribution >= 0.6 is 0 Å². The molecule has 2 aromatic rings. The van der Waals surface area contributed by atoms with Crippen LogP contribution < -0.4 is 0 Å². The maximum atomic E-state index is 13.7. The summed E-state index contributed by atoms with van der Waals surface area (Å²) < 4.78 is 26.6. The zero-order valence-corrected chi connectivity index (χ0v) is 9.48. The van der Waals surface area contributed by atoms with Crippen molar-refractivity contribution in [2.24, 2.45) is 0 Å². The molecule has 0 aliphatic heterocycles. The third-order valence-electron chi connectivity index (χ3n) is 2.86. The molecule has 0 aliphatic carbocycles. The monoisotopic (exact) mass is 250 g/mol. The van der Waals surface area contributed by atoms with Crippen LogP contribution in [-0.4, -0.2) is 16.8 Å². The summed E-state index contributed by atoms with van der Waals surface area (Å²) in [4.78, 5) is 0. The normalized spacial score (nSPS) is 14.2. The molecule has 4 heteroatoms. The lowest BCUT2D eigenvalue weighted by Gasteiger charge is -2.27. The van der Waals surface area contributed by atoms with E-state index in [2.05, 4.69) is 0 Å². The standard InChI is InChI=1S/C14H12F2O2/c15-11-6-7-12(13(16)8-11)14(18,9-17)10-4-2-1-3-5-10/h1-8,17-18H,9H2/t14-/m0/s1. The lowest BCUT2D eigenvalue weighted by Crippen LogP contribution is -2.32. The first-order chi connectivity index (χ1) is 8.58. The number of benzene rings is 2. The highest BCUT2D eigenvalue weighted by atomic mass is 19.1. The summed E-state index contributed by atoms with van der Waals surface area (Å²) in [5.74, 6) is -1.62. The van der Waals surface area contributed by atoms with Crippen molar-refractivity contribution >= 4 is 0 Å². The van der Waals surface area contributed by atoms with E-state index in [1.807, 2.05) is 0 Å². The predicted molar refractivity (Wildman–Crippen MR) is 62.9 cm³/mol. The van der Waals surface area contributed by atoms with E-state index in [1.165, 1.54) is 0 Å². The Hall–Kier alpha value is -1.78. The number of halogens is 2. The van der Waals surface area contributed by atoms with Gasteiger partial charge < -0.3 is 10.2 Å². The molecule has 2 nitrogen and oxygen atoms in total. The summed E-state index contributed by atoms with van der Waals surface area (Å²) in [7, 11) is 0. The smallest absolute Gasteiger partial charge is 0.140 e. The van der Waals surface area contributed by atoms with E-state index < -0.39 is 23.8 Å². The van der Waals surface area contributed by atoms with Crippen LogP contribution in [0.2, 0.25) is 0 Å². The Morgan fingerprint density at radius 1 is 1.00 bits per heavy atom. The molecule has 0 saturated carbocycles. The van der Waals surface area contributed by atoms with E-state index in [1.54, 1.807) is 30.3 Å².